The molecule has 2 rings (SSSR count). The second kappa shape index (κ2) is 8.53. The molecule has 0 aliphatic carbocycles. The predicted molar refractivity (Wildman–Crippen MR) is 96.8 cm³/mol. The molecular formula is C18H25NO6S. The number of ether oxygens (including phenoxy) is 1. The number of benzene rings is 1. The highest BCUT2D eigenvalue weighted by Gasteiger charge is 2.34. The van der Waals surface area contributed by atoms with Crippen molar-refractivity contribution in [1.82, 2.24) is 4.90 Å². The maximum absolute atomic E-state index is 12.5. The number of hydrogen-bond donors (Lipinski definition) is 1. The zero-order valence-corrected chi connectivity index (χ0v) is 15.9. The molecule has 1 amide bonds. The molecule has 1 saturated heterocycles. The Morgan fingerprint density at radius 3 is 2.69 bits per heavy atom. The first kappa shape index (κ1) is 20.2. The van der Waals surface area contributed by atoms with Crippen LogP contribution in [0.2, 0.25) is 0 Å². The van der Waals surface area contributed by atoms with Gasteiger partial charge in [-0.05, 0) is 31.9 Å². The van der Waals surface area contributed by atoms with E-state index >= 15 is 0 Å². The van der Waals surface area contributed by atoms with E-state index in [1.165, 1.54) is 17.0 Å². The highest BCUT2D eigenvalue weighted by molar-refractivity contribution is 7.91. The Kier molecular flexibility index (Phi) is 6.63. The molecule has 0 saturated carbocycles. The summed E-state index contributed by atoms with van der Waals surface area (Å²) in [7, 11) is -3.12. The first-order valence-electron chi connectivity index (χ1n) is 8.70. The number of esters is 1. The van der Waals surface area contributed by atoms with Gasteiger partial charge in [-0.3, -0.25) is 4.79 Å². The molecule has 8 heteroatoms. The number of aryl methyl sites for hydroxylation is 1. The van der Waals surface area contributed by atoms with Gasteiger partial charge in [-0.25, -0.2) is 13.2 Å². The Bertz CT molecular complexity index is 774. The number of sulfone groups is 1. The Morgan fingerprint density at radius 1 is 1.35 bits per heavy atom. The molecular weight excluding hydrogens is 358 g/mol. The topological polar surface area (TPSA) is 101 Å². The van der Waals surface area contributed by atoms with Crippen LogP contribution in [0.3, 0.4) is 0 Å². The zero-order chi connectivity index (χ0) is 19.3. The van der Waals surface area contributed by atoms with E-state index < -0.39 is 28.3 Å². The van der Waals surface area contributed by atoms with Crippen LogP contribution in [0.5, 0.6) is 5.75 Å². The van der Waals surface area contributed by atoms with Gasteiger partial charge in [0.05, 0.1) is 11.5 Å². The lowest BCUT2D eigenvalue weighted by molar-refractivity contribution is -0.136. The van der Waals surface area contributed by atoms with Crippen molar-refractivity contribution in [3.8, 4) is 5.75 Å². The van der Waals surface area contributed by atoms with Crippen molar-refractivity contribution in [2.75, 3.05) is 24.7 Å². The number of carbonyl (C=O) groups is 2. The van der Waals surface area contributed by atoms with Crippen molar-refractivity contribution in [3.63, 3.8) is 0 Å². The molecule has 1 heterocycles. The number of aromatic hydroxyl groups is 1. The number of phenols is 1. The van der Waals surface area contributed by atoms with E-state index in [1.807, 2.05) is 6.92 Å². The van der Waals surface area contributed by atoms with Crippen LogP contribution in [0.1, 0.15) is 42.1 Å². The van der Waals surface area contributed by atoms with Gasteiger partial charge in [0.1, 0.15) is 11.3 Å². The number of hydrogen-bond acceptors (Lipinski definition) is 6. The first-order chi connectivity index (χ1) is 12.2. The fourth-order valence-electron chi connectivity index (χ4n) is 2.96. The summed E-state index contributed by atoms with van der Waals surface area (Å²) < 4.78 is 28.5. The van der Waals surface area contributed by atoms with Gasteiger partial charge in [0.25, 0.3) is 5.91 Å². The van der Waals surface area contributed by atoms with Crippen molar-refractivity contribution in [2.45, 2.75) is 39.2 Å². The van der Waals surface area contributed by atoms with Gasteiger partial charge in [-0.2, -0.15) is 0 Å². The molecule has 1 unspecified atom stereocenters. The summed E-state index contributed by atoms with van der Waals surface area (Å²) in [6.45, 7) is 3.71. The second-order valence-corrected chi connectivity index (χ2v) is 8.82. The Balaban J connectivity index is 2.02. The van der Waals surface area contributed by atoms with E-state index in [0.29, 0.717) is 13.0 Å². The average molecular weight is 383 g/mol. The van der Waals surface area contributed by atoms with E-state index in [1.54, 1.807) is 13.0 Å². The number of phenolic OH excluding ortho intramolecular Hbond substituents is 1. The molecule has 1 aromatic rings. The van der Waals surface area contributed by atoms with Gasteiger partial charge in [0.2, 0.25) is 0 Å². The molecule has 0 spiro atoms. The number of amides is 1. The molecule has 144 valence electrons. The summed E-state index contributed by atoms with van der Waals surface area (Å²) in [6.07, 6.45) is 2.01. The molecule has 1 aliphatic heterocycles. The normalized spacial score (nSPS) is 18.5. The highest BCUT2D eigenvalue weighted by Crippen LogP contribution is 2.21. The van der Waals surface area contributed by atoms with E-state index in [0.717, 1.165) is 18.4 Å². The third-order valence-corrected chi connectivity index (χ3v) is 6.17. The summed E-state index contributed by atoms with van der Waals surface area (Å²) in [6, 6.07) is 4.17. The van der Waals surface area contributed by atoms with Gasteiger partial charge in [-0.1, -0.05) is 25.0 Å². The van der Waals surface area contributed by atoms with Crippen molar-refractivity contribution >= 4 is 21.7 Å². The van der Waals surface area contributed by atoms with Crippen LogP contribution >= 0.6 is 0 Å². The quantitative estimate of drug-likeness (QED) is 0.719. The molecule has 7 nitrogen and oxygen atoms in total. The van der Waals surface area contributed by atoms with E-state index in [-0.39, 0.29) is 28.9 Å². The summed E-state index contributed by atoms with van der Waals surface area (Å²) >= 11 is 0. The fraction of sp³-hybridized carbons (Fsp3) is 0.556. The highest BCUT2D eigenvalue weighted by atomic mass is 32.2. The van der Waals surface area contributed by atoms with E-state index in [4.69, 9.17) is 4.74 Å². The first-order valence-corrected chi connectivity index (χ1v) is 10.5. The standard InChI is InChI=1S/C18H25NO6S/c1-3-4-8-19(14-7-9-26(23,24)12-14)17(21)11-25-18(22)15-10-13(2)5-6-16(15)20/h5-6,10,14,20H,3-4,7-9,11-12H2,1-2H3. The smallest absolute Gasteiger partial charge is 0.342 e. The van der Waals surface area contributed by atoms with Gasteiger partial charge in [0, 0.05) is 12.6 Å². The molecule has 0 aromatic heterocycles. The lowest BCUT2D eigenvalue weighted by Crippen LogP contribution is -2.43. The molecule has 1 atom stereocenters. The fourth-order valence-corrected chi connectivity index (χ4v) is 4.69. The van der Waals surface area contributed by atoms with Crippen molar-refractivity contribution in [2.24, 2.45) is 0 Å². The largest absolute Gasteiger partial charge is 0.507 e. The van der Waals surface area contributed by atoms with Crippen LogP contribution in [0.4, 0.5) is 0 Å². The van der Waals surface area contributed by atoms with Crippen molar-refractivity contribution in [1.29, 1.82) is 0 Å². The molecule has 26 heavy (non-hydrogen) atoms. The number of carbonyl (C=O) groups excluding carboxylic acids is 2. The molecule has 1 fully saturated rings. The monoisotopic (exact) mass is 383 g/mol. The number of rotatable bonds is 7. The van der Waals surface area contributed by atoms with E-state index in [9.17, 15) is 23.1 Å². The van der Waals surface area contributed by atoms with Gasteiger partial charge in [0.15, 0.2) is 16.4 Å². The van der Waals surface area contributed by atoms with Crippen LogP contribution in [0, 0.1) is 6.92 Å². The molecule has 0 radical (unpaired) electrons. The summed E-state index contributed by atoms with van der Waals surface area (Å²) in [5.74, 6) is -1.38. The minimum atomic E-state index is -3.12. The minimum Gasteiger partial charge on any atom is -0.507 e. The van der Waals surface area contributed by atoms with Crippen LogP contribution in [0.15, 0.2) is 18.2 Å². The average Bonchev–Trinajstić information content (AvgIpc) is 2.94. The zero-order valence-electron chi connectivity index (χ0n) is 15.1. The van der Waals surface area contributed by atoms with Gasteiger partial charge < -0.3 is 14.7 Å². The van der Waals surface area contributed by atoms with Crippen LogP contribution in [0.25, 0.3) is 0 Å². The van der Waals surface area contributed by atoms with Crippen molar-refractivity contribution in [3.05, 3.63) is 29.3 Å². The predicted octanol–water partition coefficient (Wildman–Crippen LogP) is 1.67. The van der Waals surface area contributed by atoms with Gasteiger partial charge in [-0.15, -0.1) is 0 Å². The summed E-state index contributed by atoms with van der Waals surface area (Å²) in [4.78, 5) is 26.2. The Morgan fingerprint density at radius 2 is 2.08 bits per heavy atom. The lowest BCUT2D eigenvalue weighted by Gasteiger charge is -2.28. The van der Waals surface area contributed by atoms with Crippen molar-refractivity contribution < 1.29 is 27.9 Å². The Labute approximate surface area is 153 Å². The molecule has 1 N–H and O–H groups in total. The van der Waals surface area contributed by atoms with Crippen LogP contribution in [-0.2, 0) is 19.4 Å². The molecule has 0 bridgehead atoms. The third-order valence-electron chi connectivity index (χ3n) is 4.42. The van der Waals surface area contributed by atoms with Gasteiger partial charge >= 0.3 is 5.97 Å². The molecule has 1 aromatic carbocycles. The number of nitrogens with zero attached hydrogens (tertiary/aromatic N) is 1. The SMILES string of the molecule is CCCCN(C(=O)COC(=O)c1cc(C)ccc1O)C1CCS(=O)(=O)C1. The van der Waals surface area contributed by atoms with Crippen LogP contribution < -0.4 is 0 Å². The Hall–Kier alpha value is -2.09. The lowest BCUT2D eigenvalue weighted by atomic mass is 10.1. The minimum absolute atomic E-state index is 0.00125. The number of unbranched alkanes of at least 4 members (excludes halogenated alkanes) is 1. The molecule has 1 aliphatic rings. The summed E-state index contributed by atoms with van der Waals surface area (Å²) in [5, 5.41) is 9.76. The summed E-state index contributed by atoms with van der Waals surface area (Å²) in [5.41, 5.74) is 0.781. The van der Waals surface area contributed by atoms with E-state index in [2.05, 4.69) is 0 Å². The third kappa shape index (κ3) is 5.20. The maximum Gasteiger partial charge on any atom is 0.342 e. The maximum atomic E-state index is 12.5. The van der Waals surface area contributed by atoms with Crippen LogP contribution in [-0.4, -0.2) is 61.0 Å². The second-order valence-electron chi connectivity index (χ2n) is 6.59.